The average molecular weight is 398 g/mol. The third kappa shape index (κ3) is 22.4. The number of hydrogen-bond acceptors (Lipinski definition) is 2. The lowest BCUT2D eigenvalue weighted by atomic mass is 10.3. The Morgan fingerprint density at radius 1 is 0.750 bits per heavy atom. The lowest BCUT2D eigenvalue weighted by Crippen LogP contribution is -1.98. The van der Waals surface area contributed by atoms with Crippen LogP contribution in [0.15, 0.2) is 36.4 Å². The van der Waals surface area contributed by atoms with E-state index in [2.05, 4.69) is 0 Å². The molecule has 0 aliphatic heterocycles. The third-order valence-electron chi connectivity index (χ3n) is 0.667. The molecule has 2 nitrogen and oxygen atoms in total. The van der Waals surface area contributed by atoms with E-state index in [4.69, 9.17) is 10.0 Å². The molecule has 1 aromatic carbocycles. The molecule has 1 aromatic rings. The molecule has 6 heteroatoms. The first-order valence-electron chi connectivity index (χ1n) is 2.73. The van der Waals surface area contributed by atoms with E-state index in [9.17, 15) is 4.32 Å². The fourth-order valence-electron chi connectivity index (χ4n) is 0.385. The van der Waals surface area contributed by atoms with E-state index in [0.717, 1.165) is 0 Å². The van der Waals surface area contributed by atoms with Crippen LogP contribution in [0.3, 0.4) is 0 Å². The van der Waals surface area contributed by atoms with Crippen molar-refractivity contribution in [1.29, 1.82) is 0 Å². The topological polar surface area (TPSA) is 40.5 Å². The maximum Gasteiger partial charge on any atom is 0.674 e. The van der Waals surface area contributed by atoms with Crippen molar-refractivity contribution in [2.24, 2.45) is 0 Å². The van der Waals surface area contributed by atoms with E-state index in [-0.39, 0.29) is 48.0 Å². The average Bonchev–Trinajstić information content (AvgIpc) is 1.90. The van der Waals surface area contributed by atoms with E-state index in [1.165, 1.54) is 0 Å². The quantitative estimate of drug-likeness (QED) is 0.518. The van der Waals surface area contributed by atoms with Gasteiger partial charge in [-0.2, -0.15) is 0 Å². The second-order valence-electron chi connectivity index (χ2n) is 1.47. The molecule has 0 radical (unpaired) electrons. The van der Waals surface area contributed by atoms with Crippen LogP contribution >= 0.6 is 48.0 Å². The molecule has 0 heterocycles. The highest BCUT2D eigenvalue weighted by Gasteiger charge is 1.97. The van der Waals surface area contributed by atoms with Gasteiger partial charge >= 0.3 is 7.40 Å². The Bertz CT molecular complexity index is 124. The summed E-state index contributed by atoms with van der Waals surface area (Å²) >= 11 is 0. The zero-order valence-corrected chi connectivity index (χ0v) is 10.8. The standard InChI is InChI=1S/C6H6.BFH2O2.2HI/c1-2-4-6-5-3-1;2-1(3)4;;/h1-6H;3-4H;2*1H. The van der Waals surface area contributed by atoms with Gasteiger partial charge in [-0.15, -0.1) is 48.0 Å². The highest BCUT2D eigenvalue weighted by Crippen LogP contribution is 1.79. The normalized spacial score (nSPS) is 6.25. The Labute approximate surface area is 105 Å². The molecule has 0 amide bonds. The summed E-state index contributed by atoms with van der Waals surface area (Å²) in [7, 11) is -2.67. The van der Waals surface area contributed by atoms with Gasteiger partial charge in [-0.1, -0.05) is 36.4 Å². The minimum Gasteiger partial charge on any atom is -0.398 e. The Balaban J connectivity index is -0.000000124. The van der Waals surface area contributed by atoms with Crippen molar-refractivity contribution in [2.75, 3.05) is 0 Å². The number of benzene rings is 1. The van der Waals surface area contributed by atoms with E-state index >= 15 is 0 Å². The Morgan fingerprint density at radius 3 is 0.917 bits per heavy atom. The molecule has 0 atom stereocenters. The van der Waals surface area contributed by atoms with Gasteiger partial charge in [0.2, 0.25) is 0 Å². The first-order valence-corrected chi connectivity index (χ1v) is 2.73. The molecule has 70 valence electrons. The molecule has 0 spiro atoms. The van der Waals surface area contributed by atoms with E-state index in [1.807, 2.05) is 36.4 Å². The van der Waals surface area contributed by atoms with Crippen LogP contribution in [0.1, 0.15) is 0 Å². The predicted octanol–water partition coefficient (Wildman–Crippen LogP) is 1.85. The van der Waals surface area contributed by atoms with Gasteiger partial charge in [0.1, 0.15) is 0 Å². The molecule has 0 bridgehead atoms. The molecule has 0 aliphatic carbocycles. The molecule has 0 aromatic heterocycles. The third-order valence-corrected chi connectivity index (χ3v) is 0.667. The Hall–Kier alpha value is 0.595. The van der Waals surface area contributed by atoms with Gasteiger partial charge in [0.15, 0.2) is 0 Å². The molecular weight excluding hydrogens is 388 g/mol. The second-order valence-corrected chi connectivity index (χ2v) is 1.47. The first-order chi connectivity index (χ1) is 4.73. The summed E-state index contributed by atoms with van der Waals surface area (Å²) in [5, 5.41) is 13.9. The van der Waals surface area contributed by atoms with Crippen molar-refractivity contribution in [3.8, 4) is 0 Å². The van der Waals surface area contributed by atoms with Crippen LogP contribution in [-0.2, 0) is 0 Å². The largest absolute Gasteiger partial charge is 0.674 e. The zero-order valence-electron chi connectivity index (χ0n) is 6.13. The van der Waals surface area contributed by atoms with Crippen molar-refractivity contribution in [1.82, 2.24) is 0 Å². The summed E-state index contributed by atoms with van der Waals surface area (Å²) in [6.07, 6.45) is 0. The summed E-state index contributed by atoms with van der Waals surface area (Å²) in [5.74, 6) is 0. The van der Waals surface area contributed by atoms with Crippen LogP contribution in [0.5, 0.6) is 0 Å². The molecular formula is C6H10BFI2O2. The van der Waals surface area contributed by atoms with Gasteiger partial charge < -0.3 is 10.0 Å². The van der Waals surface area contributed by atoms with Crippen molar-refractivity contribution < 1.29 is 14.4 Å². The SMILES string of the molecule is I.I.OB(O)F.c1ccccc1. The fourth-order valence-corrected chi connectivity index (χ4v) is 0.385. The van der Waals surface area contributed by atoms with Crippen LogP contribution < -0.4 is 0 Å². The number of halogens is 3. The van der Waals surface area contributed by atoms with E-state index < -0.39 is 7.40 Å². The minimum atomic E-state index is -2.67. The van der Waals surface area contributed by atoms with Crippen LogP contribution in [0.4, 0.5) is 4.32 Å². The maximum absolute atomic E-state index is 10.1. The predicted molar refractivity (Wildman–Crippen MR) is 68.6 cm³/mol. The molecule has 1 rings (SSSR count). The fraction of sp³-hybridized carbons (Fsp3) is 0. The minimum absolute atomic E-state index is 0. The monoisotopic (exact) mass is 398 g/mol. The van der Waals surface area contributed by atoms with Crippen LogP contribution in [0.25, 0.3) is 0 Å². The molecule has 2 N–H and O–H groups in total. The van der Waals surface area contributed by atoms with Crippen LogP contribution in [0.2, 0.25) is 0 Å². The van der Waals surface area contributed by atoms with Gasteiger partial charge in [-0.05, 0) is 0 Å². The van der Waals surface area contributed by atoms with Gasteiger partial charge in [0.25, 0.3) is 0 Å². The van der Waals surface area contributed by atoms with Crippen molar-refractivity contribution in [2.45, 2.75) is 0 Å². The van der Waals surface area contributed by atoms with Gasteiger partial charge in [0, 0.05) is 0 Å². The van der Waals surface area contributed by atoms with Crippen molar-refractivity contribution in [3.63, 3.8) is 0 Å². The van der Waals surface area contributed by atoms with Gasteiger partial charge in [-0.3, -0.25) is 4.32 Å². The lowest BCUT2D eigenvalue weighted by molar-refractivity contribution is 0.340. The molecule has 0 aliphatic rings. The summed E-state index contributed by atoms with van der Waals surface area (Å²) < 4.78 is 10.1. The summed E-state index contributed by atoms with van der Waals surface area (Å²) in [5.41, 5.74) is 0. The smallest absolute Gasteiger partial charge is 0.398 e. The Morgan fingerprint density at radius 2 is 0.833 bits per heavy atom. The van der Waals surface area contributed by atoms with Gasteiger partial charge in [0.05, 0.1) is 0 Å². The Kier molecular flexibility index (Phi) is 21.7. The molecule has 0 saturated heterocycles. The number of hydrogen-bond donors (Lipinski definition) is 2. The molecule has 0 saturated carbocycles. The second kappa shape index (κ2) is 14.1. The molecule has 12 heavy (non-hydrogen) atoms. The van der Waals surface area contributed by atoms with E-state index in [1.54, 1.807) is 0 Å². The number of rotatable bonds is 0. The summed E-state index contributed by atoms with van der Waals surface area (Å²) in [6.45, 7) is 0. The lowest BCUT2D eigenvalue weighted by Gasteiger charge is -1.69. The summed E-state index contributed by atoms with van der Waals surface area (Å²) in [4.78, 5) is 0. The maximum atomic E-state index is 10.1. The van der Waals surface area contributed by atoms with Gasteiger partial charge in [-0.25, -0.2) is 0 Å². The highest BCUT2D eigenvalue weighted by atomic mass is 127. The van der Waals surface area contributed by atoms with Crippen LogP contribution in [0, 0.1) is 0 Å². The zero-order chi connectivity index (χ0) is 7.82. The van der Waals surface area contributed by atoms with Crippen molar-refractivity contribution >= 4 is 55.3 Å². The summed E-state index contributed by atoms with van der Waals surface area (Å²) in [6, 6.07) is 12.0. The van der Waals surface area contributed by atoms with E-state index in [0.29, 0.717) is 0 Å². The molecule has 0 unspecified atom stereocenters. The highest BCUT2D eigenvalue weighted by molar-refractivity contribution is 14.0. The first kappa shape index (κ1) is 18.4. The van der Waals surface area contributed by atoms with Crippen molar-refractivity contribution in [3.05, 3.63) is 36.4 Å². The van der Waals surface area contributed by atoms with Crippen LogP contribution in [-0.4, -0.2) is 17.4 Å². The molecule has 0 fully saturated rings.